The Kier molecular flexibility index (Phi) is 4.95. The fourth-order valence-corrected chi connectivity index (χ4v) is 8.97. The predicted molar refractivity (Wildman–Crippen MR) is 176 cm³/mol. The van der Waals surface area contributed by atoms with Gasteiger partial charge in [0.25, 0.3) is 0 Å². The van der Waals surface area contributed by atoms with Gasteiger partial charge in [0.05, 0.1) is 10.8 Å². The maximum atomic E-state index is 14.0. The fraction of sp³-hybridized carbons (Fsp3) is 0.0541. The van der Waals surface area contributed by atoms with Crippen LogP contribution in [-0.4, -0.2) is 0 Å². The van der Waals surface area contributed by atoms with Crippen LogP contribution in [0.25, 0.3) is 75.0 Å². The smallest absolute Gasteiger partial charge is 0.200 e. The van der Waals surface area contributed by atoms with Crippen LogP contribution in [0.2, 0.25) is 0 Å². The topological polar surface area (TPSA) is 30.2 Å². The molecule has 3 heterocycles. The van der Waals surface area contributed by atoms with Gasteiger partial charge in [-0.3, -0.25) is 4.79 Å². The second kappa shape index (κ2) is 8.74. The maximum Gasteiger partial charge on any atom is 0.200 e. The molecule has 0 radical (unpaired) electrons. The third kappa shape index (κ3) is 3.45. The summed E-state index contributed by atoms with van der Waals surface area (Å²) in [6.45, 7) is 0. The average molecular weight is 563 g/mol. The van der Waals surface area contributed by atoms with Crippen LogP contribution in [0.4, 0.5) is 0 Å². The Hall–Kier alpha value is -4.51. The molecule has 8 aromatic rings. The second-order valence-electron chi connectivity index (χ2n) is 10.7. The van der Waals surface area contributed by atoms with Crippen molar-refractivity contribution < 1.29 is 4.42 Å². The molecule has 194 valence electrons. The van der Waals surface area contributed by atoms with Crippen molar-refractivity contribution in [2.75, 3.05) is 0 Å². The van der Waals surface area contributed by atoms with Crippen molar-refractivity contribution in [2.24, 2.45) is 0 Å². The zero-order valence-electron chi connectivity index (χ0n) is 21.9. The fourth-order valence-electron chi connectivity index (χ4n) is 6.43. The van der Waals surface area contributed by atoms with E-state index in [-0.39, 0.29) is 5.43 Å². The van der Waals surface area contributed by atoms with Crippen LogP contribution in [0.1, 0.15) is 18.4 Å². The van der Waals surface area contributed by atoms with Gasteiger partial charge < -0.3 is 4.42 Å². The first-order valence-electron chi connectivity index (χ1n) is 13.9. The lowest BCUT2D eigenvalue weighted by molar-refractivity contribution is 0.660. The van der Waals surface area contributed by atoms with Gasteiger partial charge in [-0.05, 0) is 82.1 Å². The Bertz CT molecular complexity index is 2560. The predicted octanol–water partition coefficient (Wildman–Crippen LogP) is 8.97. The number of fused-ring (bicyclic) bond motifs is 8. The molecule has 0 N–H and O–H groups in total. The Morgan fingerprint density at radius 1 is 0.610 bits per heavy atom. The van der Waals surface area contributed by atoms with E-state index < -0.39 is 0 Å². The molecule has 1 aliphatic carbocycles. The van der Waals surface area contributed by atoms with Crippen LogP contribution in [0, 0.1) is 0 Å². The van der Waals surface area contributed by atoms with Gasteiger partial charge in [-0.1, -0.05) is 72.8 Å². The van der Waals surface area contributed by atoms with Crippen molar-refractivity contribution in [3.05, 3.63) is 129 Å². The summed E-state index contributed by atoms with van der Waals surface area (Å²) in [7, 11) is 0. The average Bonchev–Trinajstić information content (AvgIpc) is 3.60. The molecule has 0 saturated heterocycles. The summed E-state index contributed by atoms with van der Waals surface area (Å²) in [5.41, 5.74) is 5.87. The molecule has 0 atom stereocenters. The SMILES string of the molecule is O=c1c2cc(C3=c4sc5ccccc5c4=CCC3)ccc2oc2ccc(-c3cccc4c3sc3ccccc34)cc12. The van der Waals surface area contributed by atoms with Crippen molar-refractivity contribution in [3.8, 4) is 11.1 Å². The van der Waals surface area contributed by atoms with Gasteiger partial charge >= 0.3 is 0 Å². The first kappa shape index (κ1) is 23.2. The summed E-state index contributed by atoms with van der Waals surface area (Å²) in [5.74, 6) is 0. The highest BCUT2D eigenvalue weighted by Gasteiger charge is 2.16. The maximum absolute atomic E-state index is 14.0. The van der Waals surface area contributed by atoms with Crippen LogP contribution in [0.3, 0.4) is 0 Å². The van der Waals surface area contributed by atoms with E-state index in [9.17, 15) is 4.79 Å². The summed E-state index contributed by atoms with van der Waals surface area (Å²) >= 11 is 3.65. The van der Waals surface area contributed by atoms with Crippen molar-refractivity contribution in [2.45, 2.75) is 12.8 Å². The van der Waals surface area contributed by atoms with Crippen LogP contribution in [0.5, 0.6) is 0 Å². The zero-order chi connectivity index (χ0) is 27.1. The van der Waals surface area contributed by atoms with Crippen LogP contribution in [0.15, 0.2) is 112 Å². The van der Waals surface area contributed by atoms with E-state index in [1.807, 2.05) is 29.5 Å². The molecule has 0 spiro atoms. The lowest BCUT2D eigenvalue weighted by atomic mass is 9.95. The van der Waals surface area contributed by atoms with Gasteiger partial charge in [0.15, 0.2) is 0 Å². The summed E-state index contributed by atoms with van der Waals surface area (Å²) in [4.78, 5) is 14.0. The van der Waals surface area contributed by atoms with Crippen molar-refractivity contribution in [1.29, 1.82) is 0 Å². The van der Waals surface area contributed by atoms with Crippen molar-refractivity contribution >= 4 is 86.5 Å². The molecule has 1 aliphatic rings. The molecule has 5 aromatic carbocycles. The summed E-state index contributed by atoms with van der Waals surface area (Å²) < 4.78 is 11.4. The molecule has 0 saturated carbocycles. The van der Waals surface area contributed by atoms with Gasteiger partial charge in [0, 0.05) is 29.4 Å². The monoisotopic (exact) mass is 562 g/mol. The largest absolute Gasteiger partial charge is 0.456 e. The van der Waals surface area contributed by atoms with E-state index in [4.69, 9.17) is 4.42 Å². The highest BCUT2D eigenvalue weighted by Crippen LogP contribution is 2.40. The first-order valence-corrected chi connectivity index (χ1v) is 15.5. The Morgan fingerprint density at radius 3 is 2.12 bits per heavy atom. The molecule has 0 fully saturated rings. The molecule has 2 nitrogen and oxygen atoms in total. The number of hydrogen-bond donors (Lipinski definition) is 0. The van der Waals surface area contributed by atoms with E-state index in [1.165, 1.54) is 45.6 Å². The number of thiophene rings is 2. The molecule has 4 heteroatoms. The highest BCUT2D eigenvalue weighted by molar-refractivity contribution is 7.26. The molecule has 0 aliphatic heterocycles. The van der Waals surface area contributed by atoms with E-state index >= 15 is 0 Å². The van der Waals surface area contributed by atoms with Gasteiger partial charge in [-0.2, -0.15) is 0 Å². The molecule has 41 heavy (non-hydrogen) atoms. The summed E-state index contributed by atoms with van der Waals surface area (Å²) in [5, 5.41) is 6.43. The van der Waals surface area contributed by atoms with Crippen molar-refractivity contribution in [3.63, 3.8) is 0 Å². The number of hydrogen-bond acceptors (Lipinski definition) is 4. The lowest BCUT2D eigenvalue weighted by Gasteiger charge is -2.11. The van der Waals surface area contributed by atoms with E-state index in [1.54, 1.807) is 11.3 Å². The normalized spacial score (nSPS) is 13.4. The van der Waals surface area contributed by atoms with E-state index in [0.717, 1.165) is 29.5 Å². The van der Waals surface area contributed by atoms with E-state index in [0.29, 0.717) is 21.9 Å². The van der Waals surface area contributed by atoms with Crippen molar-refractivity contribution in [1.82, 2.24) is 0 Å². The number of benzene rings is 5. The Morgan fingerprint density at radius 2 is 1.29 bits per heavy atom. The van der Waals surface area contributed by atoms with Gasteiger partial charge in [-0.15, -0.1) is 22.7 Å². The molecule has 0 bridgehead atoms. The molecule has 9 rings (SSSR count). The standard InChI is InChI=1S/C37H22O2S2/c38-35-29-19-21(23-9-5-11-27-25-7-1-3-13-33(25)40-36(23)27)15-17-31(29)39-32-18-16-22(20-30(32)35)24-10-6-12-28-26-8-2-4-14-34(26)41-37(24)28/h1-5,7-9,11-20H,6,10H2. The summed E-state index contributed by atoms with van der Waals surface area (Å²) in [6.07, 6.45) is 4.33. The van der Waals surface area contributed by atoms with Gasteiger partial charge in [-0.25, -0.2) is 0 Å². The third-order valence-corrected chi connectivity index (χ3v) is 10.8. The quantitative estimate of drug-likeness (QED) is 0.197. The zero-order valence-corrected chi connectivity index (χ0v) is 23.6. The second-order valence-corrected chi connectivity index (χ2v) is 12.8. The lowest BCUT2D eigenvalue weighted by Crippen LogP contribution is -2.25. The van der Waals surface area contributed by atoms with Gasteiger partial charge in [0.2, 0.25) is 5.43 Å². The molecule has 3 aromatic heterocycles. The highest BCUT2D eigenvalue weighted by atomic mass is 32.1. The molecular weight excluding hydrogens is 541 g/mol. The minimum atomic E-state index is 0.0213. The Balaban J connectivity index is 1.25. The van der Waals surface area contributed by atoms with Gasteiger partial charge in [0.1, 0.15) is 11.2 Å². The molecular formula is C37H22O2S2. The third-order valence-electron chi connectivity index (χ3n) is 8.38. The minimum absolute atomic E-state index is 0.0213. The first-order chi connectivity index (χ1) is 20.2. The molecule has 0 unspecified atom stereocenters. The summed E-state index contributed by atoms with van der Waals surface area (Å²) in [6, 6.07) is 35.8. The van der Waals surface area contributed by atoms with E-state index in [2.05, 4.69) is 91.0 Å². The molecule has 0 amide bonds. The number of rotatable bonds is 2. The van der Waals surface area contributed by atoms with Crippen LogP contribution < -0.4 is 15.2 Å². The Labute approximate surface area is 242 Å². The minimum Gasteiger partial charge on any atom is -0.456 e. The van der Waals surface area contributed by atoms with Crippen LogP contribution >= 0.6 is 22.7 Å². The van der Waals surface area contributed by atoms with Crippen LogP contribution in [-0.2, 0) is 0 Å².